The number of pyridine rings is 1. The minimum Gasteiger partial charge on any atom is -0.492 e. The molecular formula is C19H36N2O7P2. The lowest BCUT2D eigenvalue weighted by Gasteiger charge is -2.31. The molecule has 0 fully saturated rings. The topological polar surface area (TPSA) is 105 Å². The van der Waals surface area contributed by atoms with Gasteiger partial charge < -0.3 is 28.1 Å². The van der Waals surface area contributed by atoms with Crippen LogP contribution in [0, 0.1) is 0 Å². The minimum atomic E-state index is -3.91. The molecule has 0 radical (unpaired) electrons. The number of rotatable bonds is 17. The van der Waals surface area contributed by atoms with E-state index in [0.717, 1.165) is 19.3 Å². The summed E-state index contributed by atoms with van der Waals surface area (Å²) in [5.74, 6) is 0.934. The van der Waals surface area contributed by atoms with Crippen LogP contribution in [0.2, 0.25) is 0 Å². The number of hydrogen-bond acceptors (Lipinski definition) is 9. The molecule has 1 aromatic rings. The van der Waals surface area contributed by atoms with Gasteiger partial charge in [-0.05, 0) is 46.2 Å². The molecule has 0 bridgehead atoms. The van der Waals surface area contributed by atoms with E-state index in [-0.39, 0.29) is 26.4 Å². The molecule has 0 saturated heterocycles. The van der Waals surface area contributed by atoms with Crippen molar-refractivity contribution in [2.75, 3.05) is 38.4 Å². The van der Waals surface area contributed by atoms with Crippen molar-refractivity contribution < 1.29 is 32.0 Å². The molecule has 0 amide bonds. The third kappa shape index (κ3) is 8.29. The lowest BCUT2D eigenvalue weighted by atomic mass is 10.3. The molecule has 0 aliphatic heterocycles. The number of unbranched alkanes of at least 4 members (excludes halogenated alkanes) is 2. The number of hydrogen-bond donors (Lipinski definition) is 1. The second-order valence-electron chi connectivity index (χ2n) is 6.20. The summed E-state index contributed by atoms with van der Waals surface area (Å²) in [7, 11) is -7.82. The number of ether oxygens (including phenoxy) is 1. The molecule has 1 aromatic heterocycles. The number of aromatic nitrogens is 1. The molecule has 30 heavy (non-hydrogen) atoms. The molecule has 1 N–H and O–H groups in total. The van der Waals surface area contributed by atoms with E-state index in [1.165, 1.54) is 0 Å². The molecule has 0 unspecified atom stereocenters. The zero-order valence-electron chi connectivity index (χ0n) is 18.7. The van der Waals surface area contributed by atoms with Gasteiger partial charge in [0, 0.05) is 0 Å². The van der Waals surface area contributed by atoms with E-state index in [2.05, 4.69) is 17.2 Å². The highest BCUT2D eigenvalue weighted by Gasteiger charge is 2.51. The molecule has 0 aromatic carbocycles. The normalized spacial score (nSPS) is 12.3. The third-order valence-electron chi connectivity index (χ3n) is 3.87. The van der Waals surface area contributed by atoms with Gasteiger partial charge in [0.25, 0.3) is 0 Å². The predicted molar refractivity (Wildman–Crippen MR) is 118 cm³/mol. The Balaban J connectivity index is 3.13. The van der Waals surface area contributed by atoms with E-state index in [9.17, 15) is 9.13 Å². The summed E-state index contributed by atoms with van der Waals surface area (Å²) in [4.78, 5) is 4.28. The molecule has 0 spiro atoms. The Morgan fingerprint density at radius 1 is 0.867 bits per heavy atom. The van der Waals surface area contributed by atoms with E-state index in [0.29, 0.717) is 18.2 Å². The van der Waals surface area contributed by atoms with E-state index < -0.39 is 20.7 Å². The number of nitrogens with zero attached hydrogens (tertiary/aromatic N) is 1. The van der Waals surface area contributed by atoms with Crippen LogP contribution in [0.3, 0.4) is 0 Å². The molecule has 174 valence electrons. The second kappa shape index (κ2) is 14.2. The van der Waals surface area contributed by atoms with Gasteiger partial charge in [0.15, 0.2) is 0 Å². The maximum atomic E-state index is 13.5. The van der Waals surface area contributed by atoms with Gasteiger partial charge in [0.05, 0.1) is 39.2 Å². The van der Waals surface area contributed by atoms with Gasteiger partial charge in [-0.2, -0.15) is 0 Å². The zero-order valence-corrected chi connectivity index (χ0v) is 20.5. The maximum absolute atomic E-state index is 13.5. The quantitative estimate of drug-likeness (QED) is 0.223. The molecule has 9 nitrogen and oxygen atoms in total. The molecule has 0 aliphatic carbocycles. The van der Waals surface area contributed by atoms with Crippen LogP contribution >= 0.6 is 15.2 Å². The van der Waals surface area contributed by atoms with Crippen LogP contribution in [0.15, 0.2) is 18.3 Å². The van der Waals surface area contributed by atoms with E-state index in [1.54, 1.807) is 46.0 Å². The molecule has 0 atom stereocenters. The lowest BCUT2D eigenvalue weighted by molar-refractivity contribution is 0.198. The number of nitrogens with one attached hydrogen (secondary N) is 1. The van der Waals surface area contributed by atoms with Gasteiger partial charge >= 0.3 is 15.2 Å². The van der Waals surface area contributed by atoms with Crippen molar-refractivity contribution in [2.45, 2.75) is 59.4 Å². The van der Waals surface area contributed by atoms with Crippen LogP contribution < -0.4 is 10.1 Å². The Labute approximate surface area is 180 Å². The Kier molecular flexibility index (Phi) is 12.8. The summed E-state index contributed by atoms with van der Waals surface area (Å²) in [5.41, 5.74) is -1.37. The first-order valence-corrected chi connectivity index (χ1v) is 13.7. The first-order valence-electron chi connectivity index (χ1n) is 10.5. The monoisotopic (exact) mass is 466 g/mol. The van der Waals surface area contributed by atoms with Gasteiger partial charge in [0.1, 0.15) is 11.6 Å². The van der Waals surface area contributed by atoms with Crippen molar-refractivity contribution in [3.05, 3.63) is 18.3 Å². The van der Waals surface area contributed by atoms with Crippen LogP contribution in [0.5, 0.6) is 5.75 Å². The van der Waals surface area contributed by atoms with E-state index in [1.807, 2.05) is 0 Å². The van der Waals surface area contributed by atoms with Crippen molar-refractivity contribution in [2.24, 2.45) is 0 Å². The molecular weight excluding hydrogens is 430 g/mol. The average molecular weight is 466 g/mol. The van der Waals surface area contributed by atoms with Crippen LogP contribution in [0.1, 0.15) is 53.9 Å². The fourth-order valence-corrected chi connectivity index (χ4v) is 7.55. The van der Waals surface area contributed by atoms with Crippen LogP contribution in [-0.2, 0) is 27.2 Å². The van der Waals surface area contributed by atoms with E-state index >= 15 is 0 Å². The predicted octanol–water partition coefficient (Wildman–Crippen LogP) is 5.88. The first kappa shape index (κ1) is 27.1. The van der Waals surface area contributed by atoms with Crippen molar-refractivity contribution in [1.29, 1.82) is 0 Å². The summed E-state index contributed by atoms with van der Waals surface area (Å²) in [6.07, 6.45) is 4.73. The average Bonchev–Trinajstić information content (AvgIpc) is 2.71. The summed E-state index contributed by atoms with van der Waals surface area (Å²) in [5, 5.41) is 2.91. The third-order valence-corrected chi connectivity index (χ3v) is 9.49. The molecule has 0 saturated carbocycles. The highest BCUT2D eigenvalue weighted by Crippen LogP contribution is 2.70. The summed E-state index contributed by atoms with van der Waals surface area (Å²) >= 11 is 0. The van der Waals surface area contributed by atoms with Crippen molar-refractivity contribution >= 4 is 21.0 Å². The Morgan fingerprint density at radius 3 is 1.80 bits per heavy atom. The van der Waals surface area contributed by atoms with Crippen LogP contribution in [0.4, 0.5) is 5.82 Å². The Bertz CT molecular complexity index is 638. The van der Waals surface area contributed by atoms with Gasteiger partial charge in [-0.1, -0.05) is 19.8 Å². The SMILES string of the molecule is CCCCCOc1ccc(NC(P(=O)(OCC)OCC)P(=O)(OCC)OCC)nc1. The van der Waals surface area contributed by atoms with Gasteiger partial charge in [-0.15, -0.1) is 0 Å². The van der Waals surface area contributed by atoms with Crippen molar-refractivity contribution in [1.82, 2.24) is 4.98 Å². The molecule has 11 heteroatoms. The summed E-state index contributed by atoms with van der Waals surface area (Å²) in [6.45, 7) is 9.87. The Hall–Kier alpha value is -0.950. The van der Waals surface area contributed by atoms with Crippen LogP contribution in [0.25, 0.3) is 0 Å². The highest BCUT2D eigenvalue weighted by molar-refractivity contribution is 7.72. The number of anilines is 1. The second-order valence-corrected chi connectivity index (χ2v) is 10.8. The Morgan fingerprint density at radius 2 is 1.40 bits per heavy atom. The van der Waals surface area contributed by atoms with Gasteiger partial charge in [-0.3, -0.25) is 9.13 Å². The standard InChI is InChI=1S/C19H36N2O7P2/c1-6-11-12-15-24-17-13-14-18(20-16-17)21-19(29(22,25-7-2)26-8-3)30(23,27-9-4)28-10-5/h13-14,16,19H,6-12,15H2,1-5H3,(H,20,21). The summed E-state index contributed by atoms with van der Waals surface area (Å²) < 4.78 is 54.4. The molecule has 1 rings (SSSR count). The van der Waals surface area contributed by atoms with Crippen molar-refractivity contribution in [3.63, 3.8) is 0 Å². The smallest absolute Gasteiger partial charge is 0.365 e. The van der Waals surface area contributed by atoms with E-state index in [4.69, 9.17) is 22.8 Å². The molecule has 0 aliphatic rings. The van der Waals surface area contributed by atoms with Crippen LogP contribution in [-0.4, -0.2) is 43.5 Å². The first-order chi connectivity index (χ1) is 14.4. The molecule has 1 heterocycles. The van der Waals surface area contributed by atoms with Gasteiger partial charge in [-0.25, -0.2) is 4.98 Å². The fraction of sp³-hybridized carbons (Fsp3) is 0.737. The van der Waals surface area contributed by atoms with Crippen molar-refractivity contribution in [3.8, 4) is 5.75 Å². The fourth-order valence-electron chi connectivity index (χ4n) is 2.63. The maximum Gasteiger partial charge on any atom is 0.365 e. The minimum absolute atomic E-state index is 0.103. The largest absolute Gasteiger partial charge is 0.492 e. The summed E-state index contributed by atoms with van der Waals surface area (Å²) in [6, 6.07) is 3.38. The zero-order chi connectivity index (χ0) is 22.5. The highest BCUT2D eigenvalue weighted by atomic mass is 31.2. The van der Waals surface area contributed by atoms with Gasteiger partial charge in [0.2, 0.25) is 5.52 Å². The lowest BCUT2D eigenvalue weighted by Crippen LogP contribution is -2.26.